The van der Waals surface area contributed by atoms with E-state index >= 15 is 0 Å². The number of nitrogens with one attached hydrogen (secondary N) is 1. The summed E-state index contributed by atoms with van der Waals surface area (Å²) in [6.45, 7) is 5.19. The fourth-order valence-electron chi connectivity index (χ4n) is 3.48. The van der Waals surface area contributed by atoms with E-state index in [1.165, 1.54) is 24.0 Å². The lowest BCUT2D eigenvalue weighted by molar-refractivity contribution is 0.281. The first-order chi connectivity index (χ1) is 12.1. The second-order valence-electron chi connectivity index (χ2n) is 7.42. The zero-order chi connectivity index (χ0) is 17.4. The van der Waals surface area contributed by atoms with Crippen LogP contribution in [0.2, 0.25) is 0 Å². The van der Waals surface area contributed by atoms with Gasteiger partial charge in [0.05, 0.1) is 6.61 Å². The fourth-order valence-corrected chi connectivity index (χ4v) is 3.48. The lowest BCUT2D eigenvalue weighted by Gasteiger charge is -2.36. The number of benzene rings is 1. The van der Waals surface area contributed by atoms with E-state index in [2.05, 4.69) is 46.4 Å². The van der Waals surface area contributed by atoms with Gasteiger partial charge in [-0.1, -0.05) is 24.3 Å². The number of nitrogens with zero attached hydrogens (tertiary/aromatic N) is 3. The molecule has 1 aromatic carbocycles. The van der Waals surface area contributed by atoms with Gasteiger partial charge in [0, 0.05) is 30.6 Å². The van der Waals surface area contributed by atoms with Crippen molar-refractivity contribution in [3.05, 3.63) is 47.3 Å². The highest BCUT2D eigenvalue weighted by Crippen LogP contribution is 2.39. The van der Waals surface area contributed by atoms with E-state index in [0.29, 0.717) is 12.0 Å². The molecule has 25 heavy (non-hydrogen) atoms. The summed E-state index contributed by atoms with van der Waals surface area (Å²) >= 11 is 0. The molecule has 2 aromatic rings. The van der Waals surface area contributed by atoms with E-state index in [1.807, 2.05) is 13.0 Å². The maximum Gasteiger partial charge on any atom is 0.136 e. The van der Waals surface area contributed by atoms with E-state index in [9.17, 15) is 5.11 Å². The first kappa shape index (κ1) is 16.3. The predicted molar refractivity (Wildman–Crippen MR) is 100.0 cm³/mol. The second-order valence-corrected chi connectivity index (χ2v) is 7.42. The third-order valence-corrected chi connectivity index (χ3v) is 5.14. The van der Waals surface area contributed by atoms with Crippen LogP contribution in [0.1, 0.15) is 49.6 Å². The summed E-state index contributed by atoms with van der Waals surface area (Å²) < 4.78 is 0. The van der Waals surface area contributed by atoms with Crippen molar-refractivity contribution in [3.63, 3.8) is 0 Å². The molecule has 2 N–H and O–H groups in total. The molecule has 2 aliphatic rings. The number of aliphatic hydroxyl groups is 1. The first-order valence-electron chi connectivity index (χ1n) is 9.24. The predicted octanol–water partition coefficient (Wildman–Crippen LogP) is 3.10. The molecule has 0 amide bonds. The van der Waals surface area contributed by atoms with E-state index in [0.717, 1.165) is 30.4 Å². The largest absolute Gasteiger partial charge is 0.394 e. The van der Waals surface area contributed by atoms with Crippen LogP contribution < -0.4 is 10.2 Å². The number of hydrogen-bond donors (Lipinski definition) is 2. The molecular weight excluding hydrogens is 312 g/mol. The van der Waals surface area contributed by atoms with Gasteiger partial charge in [-0.15, -0.1) is 0 Å². The molecule has 5 nitrogen and oxygen atoms in total. The third kappa shape index (κ3) is 3.47. The molecule has 0 radical (unpaired) electrons. The fraction of sp³-hybridized carbons (Fsp3) is 0.500. The Hall–Kier alpha value is -2.14. The van der Waals surface area contributed by atoms with Crippen LogP contribution in [0.15, 0.2) is 30.3 Å². The molecule has 1 fully saturated rings. The monoisotopic (exact) mass is 338 g/mol. The third-order valence-electron chi connectivity index (χ3n) is 5.14. The minimum absolute atomic E-state index is 0.0192. The van der Waals surface area contributed by atoms with E-state index in [-0.39, 0.29) is 12.6 Å². The maximum atomic E-state index is 9.34. The van der Waals surface area contributed by atoms with Gasteiger partial charge in [-0.25, -0.2) is 9.97 Å². The number of anilines is 2. The van der Waals surface area contributed by atoms with E-state index in [4.69, 9.17) is 4.98 Å². The summed E-state index contributed by atoms with van der Waals surface area (Å²) in [5, 5.41) is 12.6. The van der Waals surface area contributed by atoms with Crippen LogP contribution in [-0.4, -0.2) is 33.8 Å². The van der Waals surface area contributed by atoms with Gasteiger partial charge in [-0.05, 0) is 44.2 Å². The lowest BCUT2D eigenvalue weighted by atomic mass is 9.95. The number of hydrogen-bond acceptors (Lipinski definition) is 5. The quantitative estimate of drug-likeness (QED) is 0.877. The molecule has 2 atom stereocenters. The molecule has 0 saturated heterocycles. The van der Waals surface area contributed by atoms with Gasteiger partial charge in [0.25, 0.3) is 0 Å². The van der Waals surface area contributed by atoms with E-state index < -0.39 is 0 Å². The summed E-state index contributed by atoms with van der Waals surface area (Å²) in [5.41, 5.74) is 2.82. The van der Waals surface area contributed by atoms with Crippen molar-refractivity contribution in [1.82, 2.24) is 9.97 Å². The van der Waals surface area contributed by atoms with Gasteiger partial charge in [-0.2, -0.15) is 0 Å². The minimum Gasteiger partial charge on any atom is -0.394 e. The molecule has 2 heterocycles. The van der Waals surface area contributed by atoms with Crippen molar-refractivity contribution >= 4 is 11.6 Å². The Balaban J connectivity index is 1.66. The topological polar surface area (TPSA) is 61.3 Å². The molecule has 1 saturated carbocycles. The molecule has 0 bridgehead atoms. The van der Waals surface area contributed by atoms with Crippen molar-refractivity contribution in [3.8, 4) is 0 Å². The maximum absolute atomic E-state index is 9.34. The molecule has 5 heteroatoms. The summed E-state index contributed by atoms with van der Waals surface area (Å²) in [4.78, 5) is 12.0. The van der Waals surface area contributed by atoms with Crippen LogP contribution in [0, 0.1) is 0 Å². The van der Waals surface area contributed by atoms with Crippen LogP contribution in [0.25, 0.3) is 0 Å². The Kier molecular flexibility index (Phi) is 4.34. The molecule has 1 aromatic heterocycles. The summed E-state index contributed by atoms with van der Waals surface area (Å²) in [7, 11) is 0. The van der Waals surface area contributed by atoms with Gasteiger partial charge in [0.2, 0.25) is 0 Å². The number of aliphatic hydroxyl groups excluding tert-OH is 1. The van der Waals surface area contributed by atoms with Crippen LogP contribution in [0.5, 0.6) is 0 Å². The van der Waals surface area contributed by atoms with E-state index in [1.54, 1.807) is 0 Å². The van der Waals surface area contributed by atoms with Crippen LogP contribution >= 0.6 is 0 Å². The molecule has 4 rings (SSSR count). The number of rotatable bonds is 5. The zero-order valence-electron chi connectivity index (χ0n) is 14.9. The highest BCUT2D eigenvalue weighted by molar-refractivity contribution is 5.53. The second kappa shape index (κ2) is 6.64. The standard InChI is InChI=1S/C20H26N4O/c1-13(12-25)21-18-10-19(23-20(22-18)15-7-8-15)24-11-17-6-4-3-5-16(17)9-14(24)2/h3-6,10,13-15,25H,7-9,11-12H2,1-2H3,(H,21,22,23)/t13-,14-/m0/s1. The van der Waals surface area contributed by atoms with Crippen molar-refractivity contribution < 1.29 is 5.11 Å². The highest BCUT2D eigenvalue weighted by Gasteiger charge is 2.30. The molecule has 0 unspecified atom stereocenters. The Labute approximate surface area is 149 Å². The van der Waals surface area contributed by atoms with Gasteiger partial charge >= 0.3 is 0 Å². The molecular formula is C20H26N4O. The first-order valence-corrected chi connectivity index (χ1v) is 9.24. The Morgan fingerprint density at radius 1 is 1.24 bits per heavy atom. The lowest BCUT2D eigenvalue weighted by Crippen LogP contribution is -2.39. The van der Waals surface area contributed by atoms with Crippen LogP contribution in [0.3, 0.4) is 0 Å². The normalized spacial score (nSPS) is 20.9. The van der Waals surface area contributed by atoms with Crippen LogP contribution in [-0.2, 0) is 13.0 Å². The average Bonchev–Trinajstić information content (AvgIpc) is 3.46. The van der Waals surface area contributed by atoms with Crippen molar-refractivity contribution in [2.75, 3.05) is 16.8 Å². The van der Waals surface area contributed by atoms with Crippen molar-refractivity contribution in [1.29, 1.82) is 0 Å². The van der Waals surface area contributed by atoms with Crippen molar-refractivity contribution in [2.24, 2.45) is 0 Å². The van der Waals surface area contributed by atoms with Crippen LogP contribution in [0.4, 0.5) is 11.6 Å². The van der Waals surface area contributed by atoms with Gasteiger partial charge in [-0.3, -0.25) is 0 Å². The summed E-state index contributed by atoms with van der Waals surface area (Å²) in [6.07, 6.45) is 3.39. The van der Waals surface area contributed by atoms with Gasteiger partial charge in [0.1, 0.15) is 17.5 Å². The number of fused-ring (bicyclic) bond motifs is 1. The SMILES string of the molecule is C[C@@H](CO)Nc1cc(N2Cc3ccccc3C[C@@H]2C)nc(C2CC2)n1. The highest BCUT2D eigenvalue weighted by atomic mass is 16.3. The summed E-state index contributed by atoms with van der Waals surface area (Å²) in [6, 6.07) is 11.1. The zero-order valence-corrected chi connectivity index (χ0v) is 14.9. The molecule has 132 valence electrons. The van der Waals surface area contributed by atoms with Crippen molar-refractivity contribution in [2.45, 2.75) is 57.7 Å². The minimum atomic E-state index is -0.0192. The summed E-state index contributed by atoms with van der Waals surface area (Å²) in [5.74, 6) is 3.25. The Morgan fingerprint density at radius 3 is 2.72 bits per heavy atom. The van der Waals surface area contributed by atoms with Gasteiger partial charge < -0.3 is 15.3 Å². The Bertz CT molecular complexity index is 759. The molecule has 0 spiro atoms. The average molecular weight is 338 g/mol. The smallest absolute Gasteiger partial charge is 0.136 e. The van der Waals surface area contributed by atoms with Gasteiger partial charge in [0.15, 0.2) is 0 Å². The molecule has 1 aliphatic heterocycles. The number of aromatic nitrogens is 2. The Morgan fingerprint density at radius 2 is 2.00 bits per heavy atom. The molecule has 1 aliphatic carbocycles.